The molecule has 0 bridgehead atoms. The zero-order chi connectivity index (χ0) is 16.7. The Morgan fingerprint density at radius 3 is 2.78 bits per heavy atom. The van der Waals surface area contributed by atoms with Gasteiger partial charge in [0.1, 0.15) is 0 Å². The Kier molecular flexibility index (Phi) is 7.34. The number of piperidine rings is 1. The van der Waals surface area contributed by atoms with E-state index < -0.39 is 0 Å². The van der Waals surface area contributed by atoms with Crippen LogP contribution in [-0.2, 0) is 16.1 Å². The summed E-state index contributed by atoms with van der Waals surface area (Å²) >= 11 is 6.08. The number of rotatable bonds is 7. The third-order valence-corrected chi connectivity index (χ3v) is 4.86. The number of hydrogen-bond donors (Lipinski definition) is 1. The van der Waals surface area contributed by atoms with E-state index in [1.807, 2.05) is 6.07 Å². The quantitative estimate of drug-likeness (QED) is 0.612. The maximum absolute atomic E-state index is 11.1. The lowest BCUT2D eigenvalue weighted by molar-refractivity contribution is -0.140. The first-order chi connectivity index (χ1) is 11.1. The standard InChI is InChI=1S/C18H27ClN2O2/c1-14-12-15(5-6-17(14)19)13-21-10-7-16(8-11-21)20-9-3-4-18(22)23-2/h5-6,12,16,20H,3-4,7-11,13H2,1-2H3. The minimum atomic E-state index is -0.125. The van der Waals surface area contributed by atoms with Crippen molar-refractivity contribution in [3.63, 3.8) is 0 Å². The van der Waals surface area contributed by atoms with E-state index in [-0.39, 0.29) is 5.97 Å². The molecule has 4 nitrogen and oxygen atoms in total. The molecular weight excluding hydrogens is 312 g/mol. The van der Waals surface area contributed by atoms with Gasteiger partial charge in [-0.15, -0.1) is 0 Å². The fourth-order valence-electron chi connectivity index (χ4n) is 3.00. The van der Waals surface area contributed by atoms with Gasteiger partial charge in [-0.05, 0) is 63.0 Å². The first-order valence-corrected chi connectivity index (χ1v) is 8.74. The van der Waals surface area contributed by atoms with Crippen LogP contribution in [-0.4, -0.2) is 43.7 Å². The number of ether oxygens (including phenoxy) is 1. The van der Waals surface area contributed by atoms with Gasteiger partial charge in [0.05, 0.1) is 7.11 Å². The number of nitrogens with zero attached hydrogens (tertiary/aromatic N) is 1. The predicted molar refractivity (Wildman–Crippen MR) is 93.7 cm³/mol. The van der Waals surface area contributed by atoms with Crippen molar-refractivity contribution in [2.24, 2.45) is 0 Å². The highest BCUT2D eigenvalue weighted by atomic mass is 35.5. The SMILES string of the molecule is COC(=O)CCCNC1CCN(Cc2ccc(Cl)c(C)c2)CC1. The van der Waals surface area contributed by atoms with E-state index in [1.165, 1.54) is 12.7 Å². The zero-order valence-electron chi connectivity index (χ0n) is 14.1. The Hall–Kier alpha value is -1.10. The lowest BCUT2D eigenvalue weighted by atomic mass is 10.0. The van der Waals surface area contributed by atoms with Gasteiger partial charge in [0, 0.05) is 24.0 Å². The highest BCUT2D eigenvalue weighted by Gasteiger charge is 2.18. The number of hydrogen-bond acceptors (Lipinski definition) is 4. The molecule has 2 rings (SSSR count). The minimum Gasteiger partial charge on any atom is -0.469 e. The van der Waals surface area contributed by atoms with Gasteiger partial charge in [0.25, 0.3) is 0 Å². The van der Waals surface area contributed by atoms with Crippen molar-refractivity contribution < 1.29 is 9.53 Å². The van der Waals surface area contributed by atoms with E-state index >= 15 is 0 Å². The highest BCUT2D eigenvalue weighted by Crippen LogP contribution is 2.19. The van der Waals surface area contributed by atoms with Crippen molar-refractivity contribution in [3.8, 4) is 0 Å². The lowest BCUT2D eigenvalue weighted by Crippen LogP contribution is -2.42. The molecule has 1 fully saturated rings. The summed E-state index contributed by atoms with van der Waals surface area (Å²) in [6.45, 7) is 6.15. The summed E-state index contributed by atoms with van der Waals surface area (Å²) in [5.41, 5.74) is 2.47. The fourth-order valence-corrected chi connectivity index (χ4v) is 3.12. The number of benzene rings is 1. The molecule has 1 aromatic carbocycles. The molecule has 1 N–H and O–H groups in total. The predicted octanol–water partition coefficient (Wildman–Crippen LogP) is 3.16. The monoisotopic (exact) mass is 338 g/mol. The maximum Gasteiger partial charge on any atom is 0.305 e. The van der Waals surface area contributed by atoms with Crippen molar-refractivity contribution in [2.75, 3.05) is 26.7 Å². The summed E-state index contributed by atoms with van der Waals surface area (Å²) in [7, 11) is 1.44. The summed E-state index contributed by atoms with van der Waals surface area (Å²) in [6, 6.07) is 6.85. The minimum absolute atomic E-state index is 0.125. The van der Waals surface area contributed by atoms with E-state index in [2.05, 4.69) is 34.0 Å². The average Bonchev–Trinajstić information content (AvgIpc) is 2.56. The summed E-state index contributed by atoms with van der Waals surface area (Å²) < 4.78 is 4.65. The molecule has 5 heteroatoms. The first kappa shape index (κ1) is 18.2. The van der Waals surface area contributed by atoms with E-state index in [0.717, 1.165) is 56.0 Å². The van der Waals surface area contributed by atoms with E-state index in [4.69, 9.17) is 11.6 Å². The van der Waals surface area contributed by atoms with Crippen LogP contribution in [0.25, 0.3) is 0 Å². The first-order valence-electron chi connectivity index (χ1n) is 8.36. The van der Waals surface area contributed by atoms with Crippen LogP contribution in [0.3, 0.4) is 0 Å². The van der Waals surface area contributed by atoms with Crippen molar-refractivity contribution in [1.29, 1.82) is 0 Å². The third-order valence-electron chi connectivity index (χ3n) is 4.43. The van der Waals surface area contributed by atoms with Gasteiger partial charge in [-0.25, -0.2) is 0 Å². The van der Waals surface area contributed by atoms with E-state index in [0.29, 0.717) is 12.5 Å². The summed E-state index contributed by atoms with van der Waals surface area (Å²) in [5, 5.41) is 4.39. The summed E-state index contributed by atoms with van der Waals surface area (Å²) in [4.78, 5) is 13.6. The fraction of sp³-hybridized carbons (Fsp3) is 0.611. The number of esters is 1. The van der Waals surface area contributed by atoms with Crippen LogP contribution in [0.5, 0.6) is 0 Å². The van der Waals surface area contributed by atoms with Crippen molar-refractivity contribution >= 4 is 17.6 Å². The lowest BCUT2D eigenvalue weighted by Gasteiger charge is -2.32. The molecule has 23 heavy (non-hydrogen) atoms. The normalized spacial score (nSPS) is 16.5. The molecule has 0 amide bonds. The van der Waals surface area contributed by atoms with Crippen LogP contribution in [0.1, 0.15) is 36.8 Å². The second-order valence-corrected chi connectivity index (χ2v) is 6.67. The number of likely N-dealkylation sites (tertiary alicyclic amines) is 1. The highest BCUT2D eigenvalue weighted by molar-refractivity contribution is 6.31. The van der Waals surface area contributed by atoms with Crippen LogP contribution in [0.15, 0.2) is 18.2 Å². The molecule has 0 radical (unpaired) electrons. The van der Waals surface area contributed by atoms with Gasteiger partial charge in [0.2, 0.25) is 0 Å². The Morgan fingerprint density at radius 2 is 2.13 bits per heavy atom. The molecule has 1 aromatic rings. The molecule has 0 aromatic heterocycles. The van der Waals surface area contributed by atoms with Gasteiger partial charge >= 0.3 is 5.97 Å². The van der Waals surface area contributed by atoms with Crippen LogP contribution in [0.4, 0.5) is 0 Å². The molecule has 128 valence electrons. The number of aryl methyl sites for hydroxylation is 1. The molecule has 1 heterocycles. The average molecular weight is 339 g/mol. The molecule has 0 saturated carbocycles. The molecular formula is C18H27ClN2O2. The number of methoxy groups -OCH3 is 1. The van der Waals surface area contributed by atoms with Gasteiger partial charge in [-0.1, -0.05) is 23.7 Å². The van der Waals surface area contributed by atoms with Gasteiger partial charge in [-0.3, -0.25) is 9.69 Å². The number of nitrogens with one attached hydrogen (secondary N) is 1. The van der Waals surface area contributed by atoms with Crippen LogP contribution < -0.4 is 5.32 Å². The molecule has 1 saturated heterocycles. The maximum atomic E-state index is 11.1. The third kappa shape index (κ3) is 6.13. The Morgan fingerprint density at radius 1 is 1.39 bits per heavy atom. The second-order valence-electron chi connectivity index (χ2n) is 6.27. The topological polar surface area (TPSA) is 41.6 Å². The molecule has 0 unspecified atom stereocenters. The zero-order valence-corrected chi connectivity index (χ0v) is 14.9. The van der Waals surface area contributed by atoms with Gasteiger partial charge in [0.15, 0.2) is 0 Å². The second kappa shape index (κ2) is 9.26. The van der Waals surface area contributed by atoms with Crippen LogP contribution in [0.2, 0.25) is 5.02 Å². The van der Waals surface area contributed by atoms with Gasteiger partial charge in [-0.2, -0.15) is 0 Å². The molecule has 0 atom stereocenters. The van der Waals surface area contributed by atoms with Crippen LogP contribution >= 0.6 is 11.6 Å². The van der Waals surface area contributed by atoms with E-state index in [1.54, 1.807) is 0 Å². The summed E-state index contributed by atoms with van der Waals surface area (Å²) in [5.74, 6) is -0.125. The smallest absolute Gasteiger partial charge is 0.305 e. The van der Waals surface area contributed by atoms with Crippen LogP contribution in [0, 0.1) is 6.92 Å². The number of carbonyl (C=O) groups excluding carboxylic acids is 1. The Balaban J connectivity index is 1.65. The Bertz CT molecular complexity index is 514. The molecule has 1 aliphatic heterocycles. The van der Waals surface area contributed by atoms with Gasteiger partial charge < -0.3 is 10.1 Å². The van der Waals surface area contributed by atoms with Crippen molar-refractivity contribution in [3.05, 3.63) is 34.3 Å². The number of halogens is 1. The molecule has 0 spiro atoms. The Labute approximate surface area is 144 Å². The van der Waals surface area contributed by atoms with Crippen molar-refractivity contribution in [1.82, 2.24) is 10.2 Å². The van der Waals surface area contributed by atoms with E-state index in [9.17, 15) is 4.79 Å². The number of carbonyl (C=O) groups is 1. The molecule has 1 aliphatic rings. The molecule has 0 aliphatic carbocycles. The summed E-state index contributed by atoms with van der Waals surface area (Å²) in [6.07, 6.45) is 3.66. The largest absolute Gasteiger partial charge is 0.469 e. The van der Waals surface area contributed by atoms with Crippen molar-refractivity contribution in [2.45, 2.75) is 45.2 Å².